The van der Waals surface area contributed by atoms with Crippen LogP contribution in [0.1, 0.15) is 40.2 Å². The van der Waals surface area contributed by atoms with Gasteiger partial charge in [-0.1, -0.05) is 6.07 Å². The zero-order valence-electron chi connectivity index (χ0n) is 15.2. The van der Waals surface area contributed by atoms with Gasteiger partial charge in [0.15, 0.2) is 6.61 Å². The second kappa shape index (κ2) is 8.86. The van der Waals surface area contributed by atoms with Crippen LogP contribution in [0, 0.1) is 25.2 Å². The average molecular weight is 354 g/mol. The fraction of sp³-hybridized carbons (Fsp3) is 0.350. The van der Waals surface area contributed by atoms with Crippen LogP contribution >= 0.6 is 0 Å². The van der Waals surface area contributed by atoms with Gasteiger partial charge in [0.25, 0.3) is 0 Å². The van der Waals surface area contributed by atoms with Crippen LogP contribution in [-0.2, 0) is 16.1 Å². The Labute approximate surface area is 152 Å². The topological polar surface area (TPSA) is 81.3 Å². The van der Waals surface area contributed by atoms with Gasteiger partial charge < -0.3 is 14.0 Å². The van der Waals surface area contributed by atoms with E-state index >= 15 is 0 Å². The van der Waals surface area contributed by atoms with Crippen LogP contribution < -0.4 is 4.74 Å². The fourth-order valence-electron chi connectivity index (χ4n) is 2.79. The highest BCUT2D eigenvalue weighted by atomic mass is 16.5. The minimum atomic E-state index is -0.239. The molecule has 0 atom stereocenters. The van der Waals surface area contributed by atoms with E-state index in [1.807, 2.05) is 30.6 Å². The summed E-state index contributed by atoms with van der Waals surface area (Å²) in [5.41, 5.74) is 2.91. The minimum absolute atomic E-state index is 0.0959. The number of nitrogens with zero attached hydrogens (tertiary/aromatic N) is 2. The van der Waals surface area contributed by atoms with E-state index in [1.165, 1.54) is 7.11 Å². The van der Waals surface area contributed by atoms with Crippen LogP contribution in [0.25, 0.3) is 0 Å². The molecule has 136 valence electrons. The van der Waals surface area contributed by atoms with Crippen molar-refractivity contribution in [2.75, 3.05) is 13.7 Å². The van der Waals surface area contributed by atoms with Gasteiger partial charge in [-0.05, 0) is 44.5 Å². The third-order valence-corrected chi connectivity index (χ3v) is 4.20. The fourth-order valence-corrected chi connectivity index (χ4v) is 2.79. The van der Waals surface area contributed by atoms with Crippen LogP contribution in [0.3, 0.4) is 0 Å². The summed E-state index contributed by atoms with van der Waals surface area (Å²) in [4.78, 5) is 23.7. The van der Waals surface area contributed by atoms with Crippen LogP contribution in [0.5, 0.6) is 5.75 Å². The average Bonchev–Trinajstić information content (AvgIpc) is 2.94. The van der Waals surface area contributed by atoms with E-state index in [0.29, 0.717) is 36.3 Å². The van der Waals surface area contributed by atoms with Crippen molar-refractivity contribution in [3.63, 3.8) is 0 Å². The first-order chi connectivity index (χ1) is 12.5. The Kier molecular flexibility index (Phi) is 6.56. The molecule has 26 heavy (non-hydrogen) atoms. The van der Waals surface area contributed by atoms with Gasteiger partial charge in [0.05, 0.1) is 18.7 Å². The molecule has 2 rings (SSSR count). The lowest BCUT2D eigenvalue weighted by Gasteiger charge is -2.09. The van der Waals surface area contributed by atoms with Gasteiger partial charge in [-0.3, -0.25) is 9.59 Å². The minimum Gasteiger partial charge on any atom is -0.485 e. The number of esters is 1. The molecule has 0 saturated heterocycles. The smallest absolute Gasteiger partial charge is 0.305 e. The SMILES string of the molecule is COC(=O)CCCn1c(C)cc(C(=O)COc2cccc(C#N)c2)c1C. The molecule has 6 heteroatoms. The van der Waals surface area contributed by atoms with Crippen LogP contribution in [0.2, 0.25) is 0 Å². The van der Waals surface area contributed by atoms with Crippen molar-refractivity contribution in [2.45, 2.75) is 33.2 Å². The molecule has 1 heterocycles. The number of Topliss-reactive ketones (excluding diaryl/α,β-unsaturated/α-hetero) is 1. The Morgan fingerprint density at radius 3 is 2.69 bits per heavy atom. The summed E-state index contributed by atoms with van der Waals surface area (Å²) in [6.07, 6.45) is 0.989. The van der Waals surface area contributed by atoms with Gasteiger partial charge in [0.2, 0.25) is 5.78 Å². The number of aromatic nitrogens is 1. The number of carbonyl (C=O) groups is 2. The van der Waals surface area contributed by atoms with Crippen LogP contribution in [0.15, 0.2) is 30.3 Å². The molecule has 0 amide bonds. The highest BCUT2D eigenvalue weighted by Crippen LogP contribution is 2.18. The molecule has 0 spiro atoms. The zero-order chi connectivity index (χ0) is 19.1. The third kappa shape index (κ3) is 4.73. The summed E-state index contributed by atoms with van der Waals surface area (Å²) in [5, 5.41) is 8.90. The first kappa shape index (κ1) is 19.3. The molecule has 0 aliphatic carbocycles. The van der Waals surface area contributed by atoms with Crippen molar-refractivity contribution in [3.05, 3.63) is 52.8 Å². The highest BCUT2D eigenvalue weighted by molar-refractivity contribution is 5.98. The lowest BCUT2D eigenvalue weighted by molar-refractivity contribution is -0.140. The van der Waals surface area contributed by atoms with Crippen molar-refractivity contribution in [1.82, 2.24) is 4.57 Å². The second-order valence-electron chi connectivity index (χ2n) is 5.97. The number of carbonyl (C=O) groups excluding carboxylic acids is 2. The number of hydrogen-bond acceptors (Lipinski definition) is 5. The summed E-state index contributed by atoms with van der Waals surface area (Å²) in [6.45, 7) is 4.36. The molecule has 1 aromatic carbocycles. The lowest BCUT2D eigenvalue weighted by Crippen LogP contribution is -2.13. The predicted octanol–water partition coefficient (Wildman–Crippen LogP) is 3.19. The van der Waals surface area contributed by atoms with Crippen LogP contribution in [0.4, 0.5) is 0 Å². The summed E-state index contributed by atoms with van der Waals surface area (Å²) in [5.74, 6) is 0.126. The molecular formula is C20H22N2O4. The van der Waals surface area contributed by atoms with Gasteiger partial charge in [-0.2, -0.15) is 5.26 Å². The number of aryl methyl sites for hydroxylation is 1. The summed E-state index contributed by atoms with van der Waals surface area (Å²) in [7, 11) is 1.37. The standard InChI is InChI=1S/C20H22N2O4/c1-14-10-18(15(2)22(14)9-5-8-20(24)25-3)19(23)13-26-17-7-4-6-16(11-17)12-21/h4,6-7,10-11H,5,8-9,13H2,1-3H3. The predicted molar refractivity (Wildman–Crippen MR) is 96.1 cm³/mol. The summed E-state index contributed by atoms with van der Waals surface area (Å²) < 4.78 is 12.2. The van der Waals surface area contributed by atoms with E-state index < -0.39 is 0 Å². The van der Waals surface area contributed by atoms with Gasteiger partial charge in [-0.25, -0.2) is 0 Å². The number of ether oxygens (including phenoxy) is 2. The Morgan fingerprint density at radius 2 is 2.00 bits per heavy atom. The number of ketones is 1. The Hall–Kier alpha value is -3.07. The molecule has 0 unspecified atom stereocenters. The highest BCUT2D eigenvalue weighted by Gasteiger charge is 2.16. The maximum Gasteiger partial charge on any atom is 0.305 e. The largest absolute Gasteiger partial charge is 0.485 e. The van der Waals surface area contributed by atoms with Crippen molar-refractivity contribution in [3.8, 4) is 11.8 Å². The zero-order valence-corrected chi connectivity index (χ0v) is 15.2. The van der Waals surface area contributed by atoms with Crippen LogP contribution in [-0.4, -0.2) is 30.0 Å². The van der Waals surface area contributed by atoms with Gasteiger partial charge in [0, 0.05) is 29.9 Å². The van der Waals surface area contributed by atoms with Crippen molar-refractivity contribution in [2.24, 2.45) is 0 Å². The van der Waals surface area contributed by atoms with E-state index in [2.05, 4.69) is 4.74 Å². The number of hydrogen-bond donors (Lipinski definition) is 0. The molecular weight excluding hydrogens is 332 g/mol. The Morgan fingerprint density at radius 1 is 1.23 bits per heavy atom. The summed E-state index contributed by atoms with van der Waals surface area (Å²) >= 11 is 0. The second-order valence-corrected chi connectivity index (χ2v) is 5.97. The molecule has 0 saturated carbocycles. The maximum absolute atomic E-state index is 12.5. The first-order valence-electron chi connectivity index (χ1n) is 8.36. The van der Waals surface area contributed by atoms with E-state index in [4.69, 9.17) is 10.00 Å². The monoisotopic (exact) mass is 354 g/mol. The van der Waals surface area contributed by atoms with Crippen molar-refractivity contribution in [1.29, 1.82) is 5.26 Å². The van der Waals surface area contributed by atoms with E-state index in [1.54, 1.807) is 24.3 Å². The Balaban J connectivity index is 2.01. The molecule has 0 radical (unpaired) electrons. The molecule has 0 N–H and O–H groups in total. The van der Waals surface area contributed by atoms with Gasteiger partial charge >= 0.3 is 5.97 Å². The van der Waals surface area contributed by atoms with Crippen molar-refractivity contribution < 1.29 is 19.1 Å². The lowest BCUT2D eigenvalue weighted by atomic mass is 10.1. The molecule has 0 aliphatic rings. The molecule has 1 aromatic heterocycles. The van der Waals surface area contributed by atoms with E-state index in [9.17, 15) is 9.59 Å². The quantitative estimate of drug-likeness (QED) is 0.537. The van der Waals surface area contributed by atoms with Crippen molar-refractivity contribution >= 4 is 11.8 Å². The molecule has 2 aromatic rings. The molecule has 0 bridgehead atoms. The molecule has 0 aliphatic heterocycles. The summed E-state index contributed by atoms with van der Waals surface area (Å²) in [6, 6.07) is 10.6. The number of methoxy groups -OCH3 is 1. The Bertz CT molecular complexity index is 846. The third-order valence-electron chi connectivity index (χ3n) is 4.20. The maximum atomic E-state index is 12.5. The molecule has 0 fully saturated rings. The van der Waals surface area contributed by atoms with E-state index in [-0.39, 0.29) is 18.4 Å². The first-order valence-corrected chi connectivity index (χ1v) is 8.36. The number of nitriles is 1. The number of rotatable bonds is 8. The van der Waals surface area contributed by atoms with Gasteiger partial charge in [0.1, 0.15) is 5.75 Å². The molecule has 6 nitrogen and oxygen atoms in total. The van der Waals surface area contributed by atoms with E-state index in [0.717, 1.165) is 11.4 Å². The normalized spacial score (nSPS) is 10.2. The van der Waals surface area contributed by atoms with Gasteiger partial charge in [-0.15, -0.1) is 0 Å². The number of benzene rings is 1.